The van der Waals surface area contributed by atoms with E-state index in [2.05, 4.69) is 0 Å². The van der Waals surface area contributed by atoms with Crippen molar-refractivity contribution in [2.45, 2.75) is 0 Å². The molecule has 0 fully saturated rings. The Labute approximate surface area is 77.9 Å². The number of carboxylic acids is 2. The number of aliphatic carboxylic acids is 2. The van der Waals surface area contributed by atoms with Gasteiger partial charge in [-0.3, -0.25) is 0 Å². The summed E-state index contributed by atoms with van der Waals surface area (Å²) in [6.07, 6.45) is 0. The fraction of sp³-hybridized carbons (Fsp3) is 0.500. The number of carbonyl (C=O) groups excluding carboxylic acids is 2. The van der Waals surface area contributed by atoms with Crippen molar-refractivity contribution in [3.63, 3.8) is 0 Å². The monoisotopic (exact) mass is 213 g/mol. The molecule has 0 spiro atoms. The third-order valence-corrected chi connectivity index (χ3v) is 0.289. The molecule has 0 bridgehead atoms. The first kappa shape index (κ1) is 17.4. The number of carboxylic acid groups (broad SMARTS) is 2. The van der Waals surface area contributed by atoms with Gasteiger partial charge < -0.3 is 31.3 Å². The molecule has 0 rings (SSSR count). The Kier molecular flexibility index (Phi) is 24.1. The molecular weight excluding hydrogens is 207 g/mol. The van der Waals surface area contributed by atoms with Crippen molar-refractivity contribution in [2.75, 3.05) is 13.1 Å². The van der Waals surface area contributed by atoms with Crippen molar-refractivity contribution in [2.24, 2.45) is 0 Å². The van der Waals surface area contributed by atoms with Crippen molar-refractivity contribution in [1.29, 1.82) is 0 Å². The Morgan fingerprint density at radius 1 is 1.00 bits per heavy atom. The van der Waals surface area contributed by atoms with E-state index in [4.69, 9.17) is 34.9 Å². The summed E-state index contributed by atoms with van der Waals surface area (Å²) in [5.74, 6) is -2.66. The van der Waals surface area contributed by atoms with Crippen molar-refractivity contribution < 1.29 is 40.8 Å². The van der Waals surface area contributed by atoms with Crippen molar-refractivity contribution in [1.82, 2.24) is 0 Å². The maximum absolute atomic E-state index is 9.07. The van der Waals surface area contributed by atoms with Gasteiger partial charge in [-0.1, -0.05) is 0 Å². The molecule has 0 unspecified atom stereocenters. The molecule has 12 heavy (non-hydrogen) atoms. The second kappa shape index (κ2) is 16.7. The minimum absolute atomic E-state index is 0.639. The maximum atomic E-state index is 9.07. The summed E-state index contributed by atoms with van der Waals surface area (Å²) >= 11 is 1.06. The molecule has 0 aromatic heterocycles. The first-order valence-corrected chi connectivity index (χ1v) is 2.98. The zero-order valence-electron chi connectivity index (χ0n) is 5.90. The molecule has 0 aromatic rings. The van der Waals surface area contributed by atoms with E-state index in [0.29, 0.717) is 0 Å². The van der Waals surface area contributed by atoms with Crippen LogP contribution in [0.4, 0.5) is 0 Å². The number of rotatable bonds is 2. The van der Waals surface area contributed by atoms with Crippen LogP contribution in [0.2, 0.25) is 0 Å². The molecule has 8 heteroatoms. The second-order valence-electron chi connectivity index (χ2n) is 1.10. The van der Waals surface area contributed by atoms with Crippen LogP contribution >= 0.6 is 0 Å². The summed E-state index contributed by atoms with van der Waals surface area (Å²) in [6.45, 7) is -1.28. The van der Waals surface area contributed by atoms with E-state index >= 15 is 0 Å². The molecule has 0 atom stereocenters. The van der Waals surface area contributed by atoms with Gasteiger partial charge in [-0.05, 0) is 0 Å². The van der Waals surface area contributed by atoms with Crippen LogP contribution in [-0.4, -0.2) is 25.0 Å². The van der Waals surface area contributed by atoms with E-state index < -0.39 is 25.0 Å². The van der Waals surface area contributed by atoms with Crippen LogP contribution in [0.3, 0.4) is 0 Å². The number of hydrogen-bond acceptors (Lipinski definition) is 5. The van der Waals surface area contributed by atoms with Crippen molar-refractivity contribution in [3.05, 3.63) is 11.5 Å². The third kappa shape index (κ3) is 59.7. The molecule has 0 aliphatic carbocycles. The van der Waals surface area contributed by atoms with Crippen LogP contribution in [0.25, 0.3) is 11.5 Å². The summed E-state index contributed by atoms with van der Waals surface area (Å²) in [5.41, 5.74) is 12.0. The molecule has 0 amide bonds. The molecule has 0 aliphatic heterocycles. The quantitative estimate of drug-likeness (QED) is 0.495. The van der Waals surface area contributed by atoms with Crippen LogP contribution < -0.4 is 10.2 Å². The van der Waals surface area contributed by atoms with Gasteiger partial charge in [0.1, 0.15) is 0 Å². The zero-order chi connectivity index (χ0) is 10.6. The van der Waals surface area contributed by atoms with Crippen LogP contribution in [0.5, 0.6) is 0 Å². The Morgan fingerprint density at radius 3 is 1.08 bits per heavy atom. The van der Waals surface area contributed by atoms with Gasteiger partial charge in [-0.2, -0.15) is 0 Å². The number of nitrogens with one attached hydrogen (secondary N) is 2. The Balaban J connectivity index is -0.000000112. The average molecular weight is 213 g/mol. The van der Waals surface area contributed by atoms with Gasteiger partial charge in [0, 0.05) is 11.9 Å². The van der Waals surface area contributed by atoms with E-state index in [9.17, 15) is 0 Å². The van der Waals surface area contributed by atoms with Crippen molar-refractivity contribution in [3.8, 4) is 0 Å². The first-order chi connectivity index (χ1) is 5.54. The van der Waals surface area contributed by atoms with E-state index in [1.54, 1.807) is 0 Å². The fourth-order valence-electron chi connectivity index (χ4n) is 0. The number of hydrogen-bond donors (Lipinski definition) is 0. The normalized spacial score (nSPS) is 6.67. The van der Waals surface area contributed by atoms with E-state index in [1.807, 2.05) is 0 Å². The van der Waals surface area contributed by atoms with E-state index in [0.717, 1.165) is 17.4 Å². The van der Waals surface area contributed by atoms with Gasteiger partial charge in [-0.25, -0.2) is 0 Å². The molecule has 0 aliphatic rings. The molecular formula is C4H6N2O5V-2. The molecule has 0 radical (unpaired) electrons. The van der Waals surface area contributed by atoms with E-state index in [1.165, 1.54) is 0 Å². The van der Waals surface area contributed by atoms with Gasteiger partial charge in [0.2, 0.25) is 0 Å². The predicted octanol–water partition coefficient (Wildman–Crippen LogP) is -2.54. The van der Waals surface area contributed by atoms with Crippen LogP contribution in [0, 0.1) is 0 Å². The summed E-state index contributed by atoms with van der Waals surface area (Å²) in [7, 11) is 0. The van der Waals surface area contributed by atoms with Crippen LogP contribution in [0.15, 0.2) is 0 Å². The summed E-state index contributed by atoms with van der Waals surface area (Å²) in [5, 5.41) is 18.1. The Bertz CT molecular complexity index is 117. The second-order valence-corrected chi connectivity index (χ2v) is 1.10. The zero-order valence-corrected chi connectivity index (χ0v) is 7.30. The summed E-state index contributed by atoms with van der Waals surface area (Å²) in [6, 6.07) is 0. The summed E-state index contributed by atoms with van der Waals surface area (Å²) < 4.78 is 8.19. The van der Waals surface area contributed by atoms with Crippen LogP contribution in [0.1, 0.15) is 0 Å². The Morgan fingerprint density at radius 2 is 1.08 bits per heavy atom. The van der Waals surface area contributed by atoms with Gasteiger partial charge >= 0.3 is 21.0 Å². The molecule has 69 valence electrons. The van der Waals surface area contributed by atoms with Gasteiger partial charge in [0.25, 0.3) is 0 Å². The Hall–Kier alpha value is -0.756. The van der Waals surface area contributed by atoms with Crippen molar-refractivity contribution >= 4 is 11.9 Å². The van der Waals surface area contributed by atoms with Gasteiger partial charge in [-0.15, -0.1) is 13.1 Å². The number of carbonyl (C=O) groups is 2. The summed E-state index contributed by atoms with van der Waals surface area (Å²) in [4.78, 5) is 18.1. The molecule has 0 saturated carbocycles. The molecule has 7 nitrogen and oxygen atoms in total. The standard InChI is InChI=1S/2C2H4NO2.O.V/c2*3-1-2(4)5;;/h2*3H,1H2,(H,4,5);;/q2*-1;;+2/p-2. The van der Waals surface area contributed by atoms with Gasteiger partial charge in [0.05, 0.1) is 0 Å². The predicted molar refractivity (Wildman–Crippen MR) is 29.1 cm³/mol. The molecule has 0 saturated heterocycles. The SMILES string of the molecule is [NH-]CC(=O)[O-].[NH-]CC(=O)[O-].[O]=[V+2]. The van der Waals surface area contributed by atoms with Gasteiger partial charge in [0.15, 0.2) is 0 Å². The fourth-order valence-corrected chi connectivity index (χ4v) is 0. The average Bonchev–Trinajstić information content (AvgIpc) is 2.09. The minimum atomic E-state index is -1.33. The molecule has 0 aromatic carbocycles. The van der Waals surface area contributed by atoms with Crippen LogP contribution in [-0.2, 0) is 30.6 Å². The first-order valence-electron chi connectivity index (χ1n) is 2.41. The third-order valence-electron chi connectivity index (χ3n) is 0.289. The topological polar surface area (TPSA) is 145 Å². The molecule has 2 N–H and O–H groups in total. The molecule has 0 heterocycles. The van der Waals surface area contributed by atoms with E-state index in [-0.39, 0.29) is 0 Å².